The van der Waals surface area contributed by atoms with Crippen LogP contribution in [-0.4, -0.2) is 34.5 Å². The molecule has 1 aliphatic rings. The summed E-state index contributed by atoms with van der Waals surface area (Å²) in [5.74, 6) is -0.836. The zero-order valence-corrected chi connectivity index (χ0v) is 9.84. The highest BCUT2D eigenvalue weighted by Crippen LogP contribution is 2.32. The number of hydrogen-bond donors (Lipinski definition) is 2. The third-order valence-electron chi connectivity index (χ3n) is 3.30. The van der Waals surface area contributed by atoms with E-state index in [9.17, 15) is 9.82 Å². The molecule has 5 heteroatoms. The summed E-state index contributed by atoms with van der Waals surface area (Å²) in [5.41, 5.74) is 2.22. The number of aliphatic carboxylic acids is 1. The lowest BCUT2D eigenvalue weighted by Crippen LogP contribution is -2.45. The van der Waals surface area contributed by atoms with Gasteiger partial charge in [0.25, 0.3) is 0 Å². The Balaban J connectivity index is 2.35. The normalized spacial score (nSPS) is 19.8. The molecule has 0 aromatic heterocycles. The SMILES string of the molecule is CB(O)N1CCc2ccccc2C1CC(=O)O. The first kappa shape index (κ1) is 12.1. The molecule has 4 nitrogen and oxygen atoms in total. The standard InChI is InChI=1S/C12H16BNO3/c1-13(17)14-7-6-9-4-2-3-5-10(9)11(14)8-12(15)16/h2-5,11,17H,6-8H2,1H3,(H,15,16). The van der Waals surface area contributed by atoms with Crippen molar-refractivity contribution in [2.75, 3.05) is 6.54 Å². The van der Waals surface area contributed by atoms with E-state index in [0.29, 0.717) is 6.54 Å². The molecule has 2 N–H and O–H groups in total. The Hall–Kier alpha value is -1.33. The Morgan fingerprint density at radius 2 is 2.24 bits per heavy atom. The summed E-state index contributed by atoms with van der Waals surface area (Å²) in [5, 5.41) is 18.7. The Kier molecular flexibility index (Phi) is 3.50. The van der Waals surface area contributed by atoms with Crippen molar-refractivity contribution >= 4 is 13.0 Å². The van der Waals surface area contributed by atoms with Gasteiger partial charge in [-0.15, -0.1) is 0 Å². The van der Waals surface area contributed by atoms with E-state index in [1.165, 1.54) is 5.56 Å². The smallest absolute Gasteiger partial charge is 0.376 e. The minimum atomic E-state index is -0.836. The van der Waals surface area contributed by atoms with Crippen molar-refractivity contribution in [2.45, 2.75) is 25.7 Å². The molecule has 1 aromatic carbocycles. The van der Waals surface area contributed by atoms with E-state index in [0.717, 1.165) is 12.0 Å². The molecule has 1 aromatic rings. The predicted octanol–water partition coefficient (Wildman–Crippen LogP) is 1.17. The maximum absolute atomic E-state index is 10.9. The molecular weight excluding hydrogens is 217 g/mol. The van der Waals surface area contributed by atoms with Gasteiger partial charge in [0, 0.05) is 6.04 Å². The Bertz CT molecular complexity index is 422. The van der Waals surface area contributed by atoms with E-state index in [1.807, 2.05) is 29.1 Å². The zero-order chi connectivity index (χ0) is 12.4. The van der Waals surface area contributed by atoms with Crippen LogP contribution in [0.25, 0.3) is 0 Å². The molecule has 1 heterocycles. The van der Waals surface area contributed by atoms with Crippen LogP contribution < -0.4 is 0 Å². The van der Waals surface area contributed by atoms with Gasteiger partial charge in [-0.05, 0) is 30.9 Å². The van der Waals surface area contributed by atoms with Gasteiger partial charge in [0.1, 0.15) is 0 Å². The number of carbonyl (C=O) groups is 1. The minimum Gasteiger partial charge on any atom is -0.481 e. The number of carboxylic acids is 1. The first-order valence-electron chi connectivity index (χ1n) is 5.83. The zero-order valence-electron chi connectivity index (χ0n) is 9.84. The predicted molar refractivity (Wildman–Crippen MR) is 65.7 cm³/mol. The van der Waals surface area contributed by atoms with Crippen molar-refractivity contribution in [1.29, 1.82) is 0 Å². The molecule has 2 rings (SSSR count). The van der Waals surface area contributed by atoms with Gasteiger partial charge in [-0.1, -0.05) is 24.3 Å². The van der Waals surface area contributed by atoms with Crippen LogP contribution in [-0.2, 0) is 11.2 Å². The Labute approximate surface area is 101 Å². The number of carboxylic acid groups (broad SMARTS) is 1. The van der Waals surface area contributed by atoms with Gasteiger partial charge in [-0.3, -0.25) is 4.79 Å². The molecule has 0 spiro atoms. The molecule has 0 amide bonds. The molecule has 0 saturated carbocycles. The van der Waals surface area contributed by atoms with E-state index >= 15 is 0 Å². The monoisotopic (exact) mass is 233 g/mol. The second-order valence-electron chi connectivity index (χ2n) is 4.43. The Morgan fingerprint density at radius 3 is 2.88 bits per heavy atom. The van der Waals surface area contributed by atoms with Crippen molar-refractivity contribution in [3.05, 3.63) is 35.4 Å². The second-order valence-corrected chi connectivity index (χ2v) is 4.43. The van der Waals surface area contributed by atoms with Crippen LogP contribution in [0, 0.1) is 0 Å². The van der Waals surface area contributed by atoms with Gasteiger partial charge in [0.2, 0.25) is 0 Å². The van der Waals surface area contributed by atoms with Crippen LogP contribution in [0.15, 0.2) is 24.3 Å². The molecule has 1 aliphatic heterocycles. The summed E-state index contributed by atoms with van der Waals surface area (Å²) in [7, 11) is -0.618. The van der Waals surface area contributed by atoms with E-state index in [1.54, 1.807) is 6.82 Å². The summed E-state index contributed by atoms with van der Waals surface area (Å²) in [6.07, 6.45) is 0.888. The Morgan fingerprint density at radius 1 is 1.53 bits per heavy atom. The van der Waals surface area contributed by atoms with Gasteiger partial charge in [0.15, 0.2) is 0 Å². The summed E-state index contributed by atoms with van der Waals surface area (Å²) in [6, 6.07) is 7.65. The number of benzene rings is 1. The maximum atomic E-state index is 10.9. The summed E-state index contributed by atoms with van der Waals surface area (Å²) in [4.78, 5) is 12.8. The summed E-state index contributed by atoms with van der Waals surface area (Å²) in [6.45, 7) is 2.38. The van der Waals surface area contributed by atoms with Gasteiger partial charge in [-0.25, -0.2) is 0 Å². The number of fused-ring (bicyclic) bond motifs is 1. The van der Waals surface area contributed by atoms with Crippen LogP contribution in [0.5, 0.6) is 0 Å². The average Bonchev–Trinajstić information content (AvgIpc) is 2.28. The molecule has 0 aliphatic carbocycles. The quantitative estimate of drug-likeness (QED) is 0.769. The fourth-order valence-electron chi connectivity index (χ4n) is 2.51. The molecule has 0 saturated heterocycles. The molecular formula is C12H16BNO3. The van der Waals surface area contributed by atoms with Gasteiger partial charge in [0.05, 0.1) is 6.42 Å². The molecule has 0 radical (unpaired) electrons. The summed E-state index contributed by atoms with van der Waals surface area (Å²) < 4.78 is 0. The lowest BCUT2D eigenvalue weighted by molar-refractivity contribution is -0.138. The third kappa shape index (κ3) is 2.51. The largest absolute Gasteiger partial charge is 0.481 e. The molecule has 1 atom stereocenters. The third-order valence-corrected chi connectivity index (χ3v) is 3.30. The lowest BCUT2D eigenvalue weighted by atomic mass is 9.77. The summed E-state index contributed by atoms with van der Waals surface area (Å²) >= 11 is 0. The van der Waals surface area contributed by atoms with Gasteiger partial charge < -0.3 is 14.9 Å². The molecule has 0 bridgehead atoms. The van der Waals surface area contributed by atoms with Gasteiger partial charge >= 0.3 is 13.0 Å². The van der Waals surface area contributed by atoms with Crippen LogP contribution in [0.2, 0.25) is 6.82 Å². The number of nitrogens with zero attached hydrogens (tertiary/aromatic N) is 1. The van der Waals surface area contributed by atoms with Crippen LogP contribution >= 0.6 is 0 Å². The highest BCUT2D eigenvalue weighted by molar-refractivity contribution is 6.45. The van der Waals surface area contributed by atoms with Crippen molar-refractivity contribution < 1.29 is 14.9 Å². The van der Waals surface area contributed by atoms with Crippen LogP contribution in [0.1, 0.15) is 23.6 Å². The maximum Gasteiger partial charge on any atom is 0.376 e. The molecule has 0 fully saturated rings. The second kappa shape index (κ2) is 4.90. The van der Waals surface area contributed by atoms with Crippen molar-refractivity contribution in [3.8, 4) is 0 Å². The van der Waals surface area contributed by atoms with E-state index in [4.69, 9.17) is 5.11 Å². The molecule has 1 unspecified atom stereocenters. The molecule has 90 valence electrons. The van der Waals surface area contributed by atoms with Gasteiger partial charge in [-0.2, -0.15) is 0 Å². The first-order chi connectivity index (χ1) is 8.09. The topological polar surface area (TPSA) is 60.8 Å². The van der Waals surface area contributed by atoms with E-state index < -0.39 is 13.0 Å². The van der Waals surface area contributed by atoms with E-state index in [-0.39, 0.29) is 12.5 Å². The van der Waals surface area contributed by atoms with Crippen LogP contribution in [0.4, 0.5) is 0 Å². The van der Waals surface area contributed by atoms with Crippen LogP contribution in [0.3, 0.4) is 0 Å². The number of hydrogen-bond acceptors (Lipinski definition) is 3. The average molecular weight is 233 g/mol. The minimum absolute atomic E-state index is 0.0297. The lowest BCUT2D eigenvalue weighted by Gasteiger charge is -2.37. The molecule has 17 heavy (non-hydrogen) atoms. The number of rotatable bonds is 3. The van der Waals surface area contributed by atoms with Crippen molar-refractivity contribution in [3.63, 3.8) is 0 Å². The fraction of sp³-hybridized carbons (Fsp3) is 0.417. The van der Waals surface area contributed by atoms with Crippen molar-refractivity contribution in [1.82, 2.24) is 4.81 Å². The van der Waals surface area contributed by atoms with E-state index in [2.05, 4.69) is 0 Å². The highest BCUT2D eigenvalue weighted by atomic mass is 16.4. The fourth-order valence-corrected chi connectivity index (χ4v) is 2.51. The first-order valence-corrected chi connectivity index (χ1v) is 5.83. The van der Waals surface area contributed by atoms with Crippen molar-refractivity contribution in [2.24, 2.45) is 0 Å². The highest BCUT2D eigenvalue weighted by Gasteiger charge is 2.32.